The number of benzene rings is 1. The van der Waals surface area contributed by atoms with Crippen molar-refractivity contribution in [2.45, 2.75) is 64.5 Å². The van der Waals surface area contributed by atoms with Crippen LogP contribution in [0.25, 0.3) is 0 Å². The quantitative estimate of drug-likeness (QED) is 0.839. The maximum atomic E-state index is 11.6. The Morgan fingerprint density at radius 3 is 2.38 bits per heavy atom. The molecule has 0 bridgehead atoms. The lowest BCUT2D eigenvalue weighted by molar-refractivity contribution is -0.121. The van der Waals surface area contributed by atoms with E-state index in [0.29, 0.717) is 0 Å². The van der Waals surface area contributed by atoms with Gasteiger partial charge in [0.15, 0.2) is 0 Å². The Labute approximate surface area is 127 Å². The van der Waals surface area contributed by atoms with Crippen LogP contribution in [0.5, 0.6) is 0 Å². The minimum Gasteiger partial charge on any atom is -0.332 e. The van der Waals surface area contributed by atoms with Crippen LogP contribution in [-0.4, -0.2) is 17.8 Å². The number of hydrogen-bond donors (Lipinski definition) is 1. The van der Waals surface area contributed by atoms with E-state index in [9.17, 15) is 4.79 Å². The van der Waals surface area contributed by atoms with Crippen molar-refractivity contribution < 1.29 is 4.79 Å². The number of amides is 1. The van der Waals surface area contributed by atoms with Gasteiger partial charge in [-0.15, -0.1) is 0 Å². The zero-order chi connectivity index (χ0) is 15.1. The van der Waals surface area contributed by atoms with Gasteiger partial charge in [0.05, 0.1) is 0 Å². The zero-order valence-electron chi connectivity index (χ0n) is 13.2. The molecule has 1 aromatic carbocycles. The number of aliphatic imine (C=N–C) groups is 1. The van der Waals surface area contributed by atoms with E-state index in [-0.39, 0.29) is 5.91 Å². The molecule has 0 saturated heterocycles. The van der Waals surface area contributed by atoms with Gasteiger partial charge in [-0.25, -0.2) is 0 Å². The fraction of sp³-hybridized carbons (Fsp3) is 0.556. The number of nitrogens with zero attached hydrogens (tertiary/aromatic N) is 1. The van der Waals surface area contributed by atoms with Gasteiger partial charge in [-0.1, -0.05) is 43.5 Å². The smallest absolute Gasteiger partial charge is 0.218 e. The van der Waals surface area contributed by atoms with Crippen molar-refractivity contribution >= 4 is 12.1 Å². The highest BCUT2D eigenvalue weighted by molar-refractivity contribution is 5.82. The SMILES string of the molecule is CC(=O)NC1(/N=C/c2ccccc2C)CCCCCCC1. The maximum absolute atomic E-state index is 11.6. The third-order valence-electron chi connectivity index (χ3n) is 4.23. The van der Waals surface area contributed by atoms with E-state index in [1.165, 1.54) is 24.8 Å². The first-order chi connectivity index (χ1) is 10.1. The summed E-state index contributed by atoms with van der Waals surface area (Å²) < 4.78 is 0. The number of carbonyl (C=O) groups excluding carboxylic acids is 1. The molecule has 3 nitrogen and oxygen atoms in total. The second-order valence-corrected chi connectivity index (χ2v) is 6.10. The number of hydrogen-bond acceptors (Lipinski definition) is 2. The second kappa shape index (κ2) is 7.39. The van der Waals surface area contributed by atoms with E-state index in [1.54, 1.807) is 6.92 Å². The Hall–Kier alpha value is -1.64. The molecule has 0 unspecified atom stereocenters. The Morgan fingerprint density at radius 1 is 1.14 bits per heavy atom. The first-order valence-corrected chi connectivity index (χ1v) is 8.01. The number of rotatable bonds is 3. The largest absolute Gasteiger partial charge is 0.332 e. The predicted molar refractivity (Wildman–Crippen MR) is 87.6 cm³/mol. The van der Waals surface area contributed by atoms with Gasteiger partial charge >= 0.3 is 0 Å². The molecule has 3 heteroatoms. The predicted octanol–water partition coefficient (Wildman–Crippen LogP) is 3.99. The minimum absolute atomic E-state index is 0.0116. The van der Waals surface area contributed by atoms with Gasteiger partial charge in [0, 0.05) is 13.1 Å². The highest BCUT2D eigenvalue weighted by atomic mass is 16.1. The van der Waals surface area contributed by atoms with Crippen molar-refractivity contribution in [2.75, 3.05) is 0 Å². The van der Waals surface area contributed by atoms with E-state index in [1.807, 2.05) is 18.3 Å². The monoisotopic (exact) mass is 286 g/mol. The van der Waals surface area contributed by atoms with Crippen molar-refractivity contribution in [3.05, 3.63) is 35.4 Å². The van der Waals surface area contributed by atoms with Crippen molar-refractivity contribution in [3.63, 3.8) is 0 Å². The first-order valence-electron chi connectivity index (χ1n) is 8.01. The summed E-state index contributed by atoms with van der Waals surface area (Å²) in [4.78, 5) is 16.4. The minimum atomic E-state index is -0.408. The normalized spacial score (nSPS) is 19.0. The van der Waals surface area contributed by atoms with E-state index in [2.05, 4.69) is 24.4 Å². The Balaban J connectivity index is 2.22. The molecule has 1 fully saturated rings. The molecule has 21 heavy (non-hydrogen) atoms. The molecule has 0 spiro atoms. The fourth-order valence-electron chi connectivity index (χ4n) is 3.03. The summed E-state index contributed by atoms with van der Waals surface area (Å²) in [5, 5.41) is 3.12. The molecule has 0 atom stereocenters. The van der Waals surface area contributed by atoms with Crippen molar-refractivity contribution in [2.24, 2.45) is 4.99 Å². The molecule has 1 aromatic rings. The van der Waals surface area contributed by atoms with E-state index < -0.39 is 5.66 Å². The number of nitrogens with one attached hydrogen (secondary N) is 1. The summed E-state index contributed by atoms with van der Waals surface area (Å²) in [5.41, 5.74) is 1.93. The summed E-state index contributed by atoms with van der Waals surface area (Å²) in [6.45, 7) is 3.67. The molecule has 1 amide bonds. The van der Waals surface area contributed by atoms with Gasteiger partial charge in [0.1, 0.15) is 5.66 Å². The molecule has 114 valence electrons. The van der Waals surface area contributed by atoms with Gasteiger partial charge in [-0.3, -0.25) is 9.79 Å². The third kappa shape index (κ3) is 4.69. The van der Waals surface area contributed by atoms with Crippen molar-refractivity contribution in [1.29, 1.82) is 0 Å². The van der Waals surface area contributed by atoms with Crippen molar-refractivity contribution in [1.82, 2.24) is 5.32 Å². The molecular formula is C18H26N2O. The van der Waals surface area contributed by atoms with Crippen LogP contribution >= 0.6 is 0 Å². The highest BCUT2D eigenvalue weighted by Crippen LogP contribution is 2.27. The van der Waals surface area contributed by atoms with Crippen LogP contribution in [0.3, 0.4) is 0 Å². The summed E-state index contributed by atoms with van der Waals surface area (Å²) in [6, 6.07) is 8.22. The maximum Gasteiger partial charge on any atom is 0.218 e. The highest BCUT2D eigenvalue weighted by Gasteiger charge is 2.29. The van der Waals surface area contributed by atoms with Gasteiger partial charge in [0.25, 0.3) is 0 Å². The van der Waals surface area contributed by atoms with E-state index in [4.69, 9.17) is 4.99 Å². The van der Waals surface area contributed by atoms with E-state index >= 15 is 0 Å². The van der Waals surface area contributed by atoms with Crippen LogP contribution in [0, 0.1) is 6.92 Å². The first kappa shape index (κ1) is 15.7. The van der Waals surface area contributed by atoms with Crippen LogP contribution in [0.2, 0.25) is 0 Å². The summed E-state index contributed by atoms with van der Waals surface area (Å²) in [6.07, 6.45) is 9.85. The third-order valence-corrected chi connectivity index (χ3v) is 4.23. The lowest BCUT2D eigenvalue weighted by Crippen LogP contribution is -2.46. The molecule has 0 aromatic heterocycles. The standard InChI is InChI=1S/C18H26N2O/c1-15-10-6-7-11-17(15)14-19-18(20-16(2)21)12-8-4-3-5-9-13-18/h6-7,10-11,14H,3-5,8-9,12-13H2,1-2H3,(H,20,21)/b19-14+. The Morgan fingerprint density at radius 2 is 1.76 bits per heavy atom. The Bertz CT molecular complexity index is 500. The van der Waals surface area contributed by atoms with E-state index in [0.717, 1.165) is 31.2 Å². The molecule has 1 saturated carbocycles. The second-order valence-electron chi connectivity index (χ2n) is 6.10. The van der Waals surface area contributed by atoms with Gasteiger partial charge in [-0.05, 0) is 43.7 Å². The number of carbonyl (C=O) groups is 1. The molecule has 2 rings (SSSR count). The van der Waals surface area contributed by atoms with Crippen LogP contribution < -0.4 is 5.32 Å². The topological polar surface area (TPSA) is 41.5 Å². The molecular weight excluding hydrogens is 260 g/mol. The summed E-state index contributed by atoms with van der Waals surface area (Å²) in [7, 11) is 0. The zero-order valence-corrected chi connectivity index (χ0v) is 13.2. The van der Waals surface area contributed by atoms with Crippen LogP contribution in [-0.2, 0) is 4.79 Å². The van der Waals surface area contributed by atoms with Gasteiger partial charge in [0.2, 0.25) is 5.91 Å². The van der Waals surface area contributed by atoms with Crippen LogP contribution in [0.15, 0.2) is 29.3 Å². The lowest BCUT2D eigenvalue weighted by Gasteiger charge is -2.32. The van der Waals surface area contributed by atoms with Gasteiger partial charge < -0.3 is 5.32 Å². The summed E-state index contributed by atoms with van der Waals surface area (Å²) >= 11 is 0. The average molecular weight is 286 g/mol. The molecule has 0 radical (unpaired) electrons. The van der Waals surface area contributed by atoms with Crippen LogP contribution in [0.1, 0.15) is 63.0 Å². The molecule has 1 aliphatic carbocycles. The average Bonchev–Trinajstić information content (AvgIpc) is 2.41. The number of aryl methyl sites for hydroxylation is 1. The Kier molecular flexibility index (Phi) is 5.54. The van der Waals surface area contributed by atoms with Crippen molar-refractivity contribution in [3.8, 4) is 0 Å². The molecule has 0 aliphatic heterocycles. The van der Waals surface area contributed by atoms with Crippen LogP contribution in [0.4, 0.5) is 0 Å². The molecule has 1 N–H and O–H groups in total. The fourth-order valence-corrected chi connectivity index (χ4v) is 3.03. The lowest BCUT2D eigenvalue weighted by atomic mass is 9.91. The molecule has 1 aliphatic rings. The summed E-state index contributed by atoms with van der Waals surface area (Å²) in [5.74, 6) is 0.0116. The molecule has 0 heterocycles. The van der Waals surface area contributed by atoms with Gasteiger partial charge in [-0.2, -0.15) is 0 Å².